The highest BCUT2D eigenvalue weighted by Crippen LogP contribution is 2.11. The molecule has 0 spiro atoms. The van der Waals surface area contributed by atoms with Gasteiger partial charge in [-0.3, -0.25) is 4.79 Å². The van der Waals surface area contributed by atoms with Crippen molar-refractivity contribution in [2.24, 2.45) is 0 Å². The fourth-order valence-corrected chi connectivity index (χ4v) is 5.30. The Bertz CT molecular complexity index is 965. The van der Waals surface area contributed by atoms with E-state index in [1.807, 2.05) is 0 Å². The second-order valence-electron chi connectivity index (χ2n) is 13.3. The fraction of sp³-hybridized carbons (Fsp3) is 0.638. The van der Waals surface area contributed by atoms with Crippen molar-refractivity contribution < 1.29 is 19.4 Å². The maximum Gasteiger partial charge on any atom is 0.306 e. The third-order valence-corrected chi connectivity index (χ3v) is 8.39. The quantitative estimate of drug-likeness (QED) is 0.0397. The topological polar surface area (TPSA) is 55.8 Å². The van der Waals surface area contributed by atoms with Crippen molar-refractivity contribution in [1.82, 2.24) is 0 Å². The Morgan fingerprint density at radius 3 is 1.33 bits per heavy atom. The second-order valence-corrected chi connectivity index (χ2v) is 13.3. The van der Waals surface area contributed by atoms with Crippen molar-refractivity contribution in [1.29, 1.82) is 0 Å². The molecular weight excluding hydrogens is 629 g/mol. The molecule has 1 unspecified atom stereocenters. The van der Waals surface area contributed by atoms with E-state index in [0.717, 1.165) is 77.0 Å². The van der Waals surface area contributed by atoms with Crippen molar-refractivity contribution in [2.75, 3.05) is 19.8 Å². The summed E-state index contributed by atoms with van der Waals surface area (Å²) in [7, 11) is 0. The molecule has 0 aliphatic carbocycles. The minimum Gasteiger partial charge on any atom is -0.457 e. The van der Waals surface area contributed by atoms with Gasteiger partial charge in [0.2, 0.25) is 0 Å². The first kappa shape index (κ1) is 48.3. The lowest BCUT2D eigenvalue weighted by Crippen LogP contribution is -2.27. The SMILES string of the molecule is CC/C=C\C/C=C\C/C=C\C/C=C\C/C=C\C/C=C\CCCCC(=O)OC(CO)COCCCCCCCCCC/C=C\C/C=C\CCCCC. The first-order valence-corrected chi connectivity index (χ1v) is 20.8. The van der Waals surface area contributed by atoms with Crippen LogP contribution < -0.4 is 0 Å². The van der Waals surface area contributed by atoms with Crippen LogP contribution in [-0.2, 0) is 14.3 Å². The Morgan fingerprint density at radius 1 is 0.490 bits per heavy atom. The Balaban J connectivity index is 3.59. The predicted molar refractivity (Wildman–Crippen MR) is 223 cm³/mol. The zero-order valence-electron chi connectivity index (χ0n) is 33.1. The number of carbonyl (C=O) groups excluding carboxylic acids is 1. The van der Waals surface area contributed by atoms with Crippen LogP contribution in [0.15, 0.2) is 97.2 Å². The van der Waals surface area contributed by atoms with Gasteiger partial charge in [0.25, 0.3) is 0 Å². The van der Waals surface area contributed by atoms with Crippen LogP contribution in [0.5, 0.6) is 0 Å². The molecule has 0 rings (SSSR count). The summed E-state index contributed by atoms with van der Waals surface area (Å²) in [6, 6.07) is 0. The number of rotatable bonds is 37. The van der Waals surface area contributed by atoms with Crippen molar-refractivity contribution >= 4 is 5.97 Å². The van der Waals surface area contributed by atoms with Gasteiger partial charge >= 0.3 is 5.97 Å². The lowest BCUT2D eigenvalue weighted by atomic mass is 10.1. The molecule has 0 saturated carbocycles. The maximum atomic E-state index is 12.2. The Labute approximate surface area is 315 Å². The van der Waals surface area contributed by atoms with Gasteiger partial charge in [-0.05, 0) is 96.3 Å². The molecule has 0 aromatic heterocycles. The van der Waals surface area contributed by atoms with Crippen LogP contribution in [-0.4, -0.2) is 37.0 Å². The average Bonchev–Trinajstić information content (AvgIpc) is 3.14. The van der Waals surface area contributed by atoms with E-state index in [1.54, 1.807) is 0 Å². The van der Waals surface area contributed by atoms with Gasteiger partial charge in [-0.25, -0.2) is 0 Å². The van der Waals surface area contributed by atoms with Gasteiger partial charge in [-0.15, -0.1) is 0 Å². The summed E-state index contributed by atoms with van der Waals surface area (Å²) in [6.45, 7) is 5.13. The number of unbranched alkanes of at least 4 members (excludes halogenated alkanes) is 13. The van der Waals surface area contributed by atoms with E-state index < -0.39 is 6.10 Å². The minimum atomic E-state index is -0.567. The summed E-state index contributed by atoms with van der Waals surface area (Å²) in [6.07, 6.45) is 61.7. The number of aliphatic hydroxyl groups is 1. The van der Waals surface area contributed by atoms with Gasteiger partial charge in [-0.2, -0.15) is 0 Å². The highest BCUT2D eigenvalue weighted by molar-refractivity contribution is 5.69. The molecule has 0 radical (unpaired) electrons. The number of esters is 1. The van der Waals surface area contributed by atoms with E-state index in [4.69, 9.17) is 9.47 Å². The number of aliphatic hydroxyl groups excluding tert-OH is 1. The highest BCUT2D eigenvalue weighted by atomic mass is 16.6. The van der Waals surface area contributed by atoms with E-state index in [0.29, 0.717) is 13.0 Å². The van der Waals surface area contributed by atoms with Crippen molar-refractivity contribution in [3.63, 3.8) is 0 Å². The van der Waals surface area contributed by atoms with Crippen molar-refractivity contribution in [3.05, 3.63) is 97.2 Å². The molecule has 51 heavy (non-hydrogen) atoms. The molecule has 0 saturated heterocycles. The monoisotopic (exact) mass is 707 g/mol. The Morgan fingerprint density at radius 2 is 0.882 bits per heavy atom. The standard InChI is InChI=1S/C47H78O4/c1-3-5-7-9-11-13-15-17-19-21-23-24-25-26-28-30-32-34-36-38-40-42-47(49)51-46(44-48)45-50-43-41-39-37-35-33-31-29-27-22-20-18-16-14-12-10-8-6-4-2/h5,7,11-14,17-20,23-24,26,28,32,34,46,48H,3-4,6,8-10,15-16,21-22,25,27,29-31,33,35-45H2,1-2H3/b7-5-,13-11-,14-12-,19-17-,20-18-,24-23-,28-26-,34-32-. The minimum absolute atomic E-state index is 0.198. The highest BCUT2D eigenvalue weighted by Gasteiger charge is 2.13. The van der Waals surface area contributed by atoms with E-state index >= 15 is 0 Å². The Kier molecular flexibility index (Phi) is 41.2. The molecular formula is C47H78O4. The number of ether oxygens (including phenoxy) is 2. The van der Waals surface area contributed by atoms with Gasteiger partial charge in [0.05, 0.1) is 13.2 Å². The molecule has 0 aromatic rings. The van der Waals surface area contributed by atoms with Gasteiger partial charge in [0, 0.05) is 13.0 Å². The van der Waals surface area contributed by atoms with Crippen LogP contribution in [0.3, 0.4) is 0 Å². The number of hydrogen-bond donors (Lipinski definition) is 1. The van der Waals surface area contributed by atoms with Gasteiger partial charge in [0.15, 0.2) is 0 Å². The zero-order chi connectivity index (χ0) is 37.0. The average molecular weight is 707 g/mol. The lowest BCUT2D eigenvalue weighted by molar-refractivity contribution is -0.154. The summed E-state index contributed by atoms with van der Waals surface area (Å²) in [5.74, 6) is -0.248. The van der Waals surface area contributed by atoms with E-state index in [1.165, 1.54) is 70.6 Å². The molecule has 1 N–H and O–H groups in total. The van der Waals surface area contributed by atoms with Gasteiger partial charge in [0.1, 0.15) is 6.10 Å². The van der Waals surface area contributed by atoms with Crippen LogP contribution in [0.2, 0.25) is 0 Å². The summed E-state index contributed by atoms with van der Waals surface area (Å²) < 4.78 is 11.1. The van der Waals surface area contributed by atoms with Crippen LogP contribution in [0.1, 0.15) is 168 Å². The maximum absolute atomic E-state index is 12.2. The summed E-state index contributed by atoms with van der Waals surface area (Å²) >= 11 is 0. The van der Waals surface area contributed by atoms with Crippen LogP contribution >= 0.6 is 0 Å². The third kappa shape index (κ3) is 41.6. The third-order valence-electron chi connectivity index (χ3n) is 8.39. The molecule has 0 aliphatic rings. The summed E-state index contributed by atoms with van der Waals surface area (Å²) in [4.78, 5) is 12.2. The van der Waals surface area contributed by atoms with Crippen LogP contribution in [0.4, 0.5) is 0 Å². The molecule has 1 atom stereocenters. The van der Waals surface area contributed by atoms with E-state index in [9.17, 15) is 9.90 Å². The number of carbonyl (C=O) groups is 1. The first-order chi connectivity index (χ1) is 25.2. The smallest absolute Gasteiger partial charge is 0.306 e. The van der Waals surface area contributed by atoms with Gasteiger partial charge < -0.3 is 14.6 Å². The molecule has 0 heterocycles. The molecule has 290 valence electrons. The normalized spacial score (nSPS) is 13.4. The second kappa shape index (κ2) is 43.5. The summed E-state index contributed by atoms with van der Waals surface area (Å²) in [5.41, 5.74) is 0. The predicted octanol–water partition coefficient (Wildman–Crippen LogP) is 13.8. The molecule has 0 bridgehead atoms. The largest absolute Gasteiger partial charge is 0.457 e. The molecule has 4 nitrogen and oxygen atoms in total. The molecule has 0 aliphatic heterocycles. The number of hydrogen-bond acceptors (Lipinski definition) is 4. The Hall–Kier alpha value is -2.69. The summed E-state index contributed by atoms with van der Waals surface area (Å²) in [5, 5.41) is 9.59. The van der Waals surface area contributed by atoms with Crippen LogP contribution in [0, 0.1) is 0 Å². The fourth-order valence-electron chi connectivity index (χ4n) is 5.30. The number of allylic oxidation sites excluding steroid dienone is 16. The van der Waals surface area contributed by atoms with Crippen LogP contribution in [0.25, 0.3) is 0 Å². The lowest BCUT2D eigenvalue weighted by Gasteiger charge is -2.15. The first-order valence-electron chi connectivity index (χ1n) is 20.8. The molecule has 4 heteroatoms. The molecule has 0 fully saturated rings. The van der Waals surface area contributed by atoms with E-state index in [2.05, 4.69) is 111 Å². The van der Waals surface area contributed by atoms with E-state index in [-0.39, 0.29) is 19.2 Å². The van der Waals surface area contributed by atoms with Crippen molar-refractivity contribution in [2.45, 2.75) is 174 Å². The molecule has 0 aromatic carbocycles. The zero-order valence-corrected chi connectivity index (χ0v) is 33.1. The molecule has 0 amide bonds. The van der Waals surface area contributed by atoms with Crippen molar-refractivity contribution in [3.8, 4) is 0 Å². The van der Waals surface area contributed by atoms with Gasteiger partial charge in [-0.1, -0.05) is 162 Å².